The molecule has 0 aliphatic heterocycles. The van der Waals surface area contributed by atoms with E-state index in [1.165, 1.54) is 14.0 Å². The normalized spacial score (nSPS) is 12.5. The molecule has 1 aromatic heterocycles. The zero-order valence-electron chi connectivity index (χ0n) is 17.1. The average molecular weight is 450 g/mol. The van der Waals surface area contributed by atoms with Gasteiger partial charge in [0.2, 0.25) is 15.9 Å². The van der Waals surface area contributed by atoms with Crippen molar-refractivity contribution in [3.63, 3.8) is 0 Å². The van der Waals surface area contributed by atoms with E-state index in [0.29, 0.717) is 23.7 Å². The summed E-state index contributed by atoms with van der Waals surface area (Å²) in [7, 11) is -2.21. The number of nitrogens with one attached hydrogen (secondary N) is 1. The number of amides is 1. The highest BCUT2D eigenvalue weighted by atomic mass is 32.2. The van der Waals surface area contributed by atoms with E-state index in [2.05, 4.69) is 5.32 Å². The molecule has 1 N–H and O–H groups in total. The summed E-state index contributed by atoms with van der Waals surface area (Å²) in [6.07, 6.45) is 1.05. The van der Waals surface area contributed by atoms with Gasteiger partial charge in [-0.05, 0) is 56.3 Å². The Morgan fingerprint density at radius 1 is 1.23 bits per heavy atom. The van der Waals surface area contributed by atoms with Gasteiger partial charge in [-0.15, -0.1) is 0 Å². The fourth-order valence-corrected chi connectivity index (χ4v) is 5.40. The van der Waals surface area contributed by atoms with E-state index in [4.69, 9.17) is 4.74 Å². The topological polar surface area (TPSA) is 97.7 Å². The van der Waals surface area contributed by atoms with Crippen LogP contribution in [0.3, 0.4) is 0 Å². The summed E-state index contributed by atoms with van der Waals surface area (Å²) in [6, 6.07) is 10.6. The van der Waals surface area contributed by atoms with Crippen LogP contribution in [0.4, 0.5) is 11.4 Å². The standard InChI is InChI=1S/C20H23N3O5S2/c1-5-22-17-11-6-14(12-18(17)29-20(22)25)21-19(24)13(2)23(30(4,26)27)15-7-9-16(28-3)10-8-15/h6-13H,5H2,1-4H3,(H,21,24)/t13-/m0/s1. The number of hydrogen-bond acceptors (Lipinski definition) is 6. The number of ether oxygens (including phenoxy) is 1. The van der Waals surface area contributed by atoms with E-state index in [-0.39, 0.29) is 4.87 Å². The van der Waals surface area contributed by atoms with Crippen LogP contribution in [0.25, 0.3) is 10.2 Å². The first-order valence-corrected chi connectivity index (χ1v) is 11.9. The number of rotatable bonds is 7. The van der Waals surface area contributed by atoms with Crippen LogP contribution < -0.4 is 19.2 Å². The lowest BCUT2D eigenvalue weighted by atomic mass is 10.2. The molecule has 3 aromatic rings. The average Bonchev–Trinajstić information content (AvgIpc) is 3.01. The predicted molar refractivity (Wildman–Crippen MR) is 120 cm³/mol. The van der Waals surface area contributed by atoms with E-state index in [9.17, 15) is 18.0 Å². The summed E-state index contributed by atoms with van der Waals surface area (Å²) in [5.74, 6) is 0.0912. The van der Waals surface area contributed by atoms with Gasteiger partial charge in [0.1, 0.15) is 11.8 Å². The molecule has 10 heteroatoms. The zero-order chi connectivity index (χ0) is 22.1. The molecule has 2 aromatic carbocycles. The van der Waals surface area contributed by atoms with Crippen LogP contribution in [-0.2, 0) is 21.4 Å². The molecule has 1 heterocycles. The molecule has 0 spiro atoms. The molecule has 0 saturated heterocycles. The number of methoxy groups -OCH3 is 1. The highest BCUT2D eigenvalue weighted by Crippen LogP contribution is 2.25. The number of hydrogen-bond donors (Lipinski definition) is 1. The van der Waals surface area contributed by atoms with Gasteiger partial charge in [0, 0.05) is 12.2 Å². The minimum absolute atomic E-state index is 0.0629. The Hall–Kier alpha value is -2.85. The molecule has 3 rings (SSSR count). The predicted octanol–water partition coefficient (Wildman–Crippen LogP) is 2.88. The van der Waals surface area contributed by atoms with Crippen molar-refractivity contribution in [1.29, 1.82) is 0 Å². The maximum atomic E-state index is 12.9. The van der Waals surface area contributed by atoms with Crippen molar-refractivity contribution in [3.8, 4) is 5.75 Å². The maximum absolute atomic E-state index is 12.9. The van der Waals surface area contributed by atoms with Crippen molar-refractivity contribution < 1.29 is 17.9 Å². The van der Waals surface area contributed by atoms with E-state index in [1.807, 2.05) is 6.92 Å². The van der Waals surface area contributed by atoms with E-state index < -0.39 is 22.0 Å². The summed E-state index contributed by atoms with van der Waals surface area (Å²) in [6.45, 7) is 3.97. The summed E-state index contributed by atoms with van der Waals surface area (Å²) in [5, 5.41) is 2.75. The number of aromatic nitrogens is 1. The SMILES string of the molecule is CCn1c(=O)sc2cc(NC(=O)[C@H](C)N(c3ccc(OC)cc3)S(C)(=O)=O)ccc21. The van der Waals surface area contributed by atoms with E-state index in [0.717, 1.165) is 32.1 Å². The number of benzene rings is 2. The number of aryl methyl sites for hydroxylation is 1. The van der Waals surface area contributed by atoms with Crippen molar-refractivity contribution in [3.05, 3.63) is 52.1 Å². The molecule has 0 saturated carbocycles. The Morgan fingerprint density at radius 2 is 1.90 bits per heavy atom. The first-order valence-electron chi connectivity index (χ1n) is 9.23. The molecule has 0 radical (unpaired) electrons. The van der Waals surface area contributed by atoms with Crippen molar-refractivity contribution in [2.45, 2.75) is 26.4 Å². The number of nitrogens with zero attached hydrogens (tertiary/aromatic N) is 2. The zero-order valence-corrected chi connectivity index (χ0v) is 18.7. The lowest BCUT2D eigenvalue weighted by Gasteiger charge is -2.28. The van der Waals surface area contributed by atoms with Crippen LogP contribution in [0.2, 0.25) is 0 Å². The first kappa shape index (κ1) is 21.8. The monoisotopic (exact) mass is 449 g/mol. The molecule has 30 heavy (non-hydrogen) atoms. The summed E-state index contributed by atoms with van der Waals surface area (Å²) in [5.41, 5.74) is 1.65. The molecule has 160 valence electrons. The van der Waals surface area contributed by atoms with Crippen LogP contribution in [0.1, 0.15) is 13.8 Å². The molecule has 1 atom stereocenters. The minimum atomic E-state index is -3.73. The van der Waals surface area contributed by atoms with Gasteiger partial charge in [0.05, 0.1) is 29.3 Å². The third-order valence-corrected chi connectivity index (χ3v) is 6.85. The highest BCUT2D eigenvalue weighted by Gasteiger charge is 2.29. The summed E-state index contributed by atoms with van der Waals surface area (Å²) < 4.78 is 33.4. The lowest BCUT2D eigenvalue weighted by Crippen LogP contribution is -2.45. The fraction of sp³-hybridized carbons (Fsp3) is 0.300. The van der Waals surface area contributed by atoms with E-state index >= 15 is 0 Å². The molecule has 0 unspecified atom stereocenters. The minimum Gasteiger partial charge on any atom is -0.497 e. The second kappa shape index (κ2) is 8.49. The van der Waals surface area contributed by atoms with Crippen LogP contribution >= 0.6 is 11.3 Å². The Kier molecular flexibility index (Phi) is 6.18. The van der Waals surface area contributed by atoms with Gasteiger partial charge in [-0.2, -0.15) is 0 Å². The Balaban J connectivity index is 1.88. The number of carbonyl (C=O) groups excluding carboxylic acids is 1. The Bertz CT molecular complexity index is 1230. The molecule has 1 amide bonds. The third-order valence-electron chi connectivity index (χ3n) is 4.67. The van der Waals surface area contributed by atoms with Crippen molar-refractivity contribution >= 4 is 48.9 Å². The molecule has 8 nitrogen and oxygen atoms in total. The smallest absolute Gasteiger partial charge is 0.308 e. The quantitative estimate of drug-likeness (QED) is 0.598. The second-order valence-electron chi connectivity index (χ2n) is 6.72. The molecule has 0 aliphatic rings. The van der Waals surface area contributed by atoms with Gasteiger partial charge < -0.3 is 10.1 Å². The van der Waals surface area contributed by atoms with Gasteiger partial charge in [-0.1, -0.05) is 11.3 Å². The van der Waals surface area contributed by atoms with Crippen molar-refractivity contribution in [2.75, 3.05) is 23.0 Å². The summed E-state index contributed by atoms with van der Waals surface area (Å²) in [4.78, 5) is 24.8. The van der Waals surface area contributed by atoms with Gasteiger partial charge in [-0.25, -0.2) is 8.42 Å². The first-order chi connectivity index (χ1) is 14.2. The summed E-state index contributed by atoms with van der Waals surface area (Å²) >= 11 is 1.10. The van der Waals surface area contributed by atoms with Gasteiger partial charge >= 0.3 is 4.87 Å². The number of thiazole rings is 1. The van der Waals surface area contributed by atoms with Gasteiger partial charge in [0.15, 0.2) is 0 Å². The largest absolute Gasteiger partial charge is 0.497 e. The van der Waals surface area contributed by atoms with Crippen molar-refractivity contribution in [1.82, 2.24) is 4.57 Å². The number of fused-ring (bicyclic) bond motifs is 1. The van der Waals surface area contributed by atoms with Crippen LogP contribution in [-0.4, -0.2) is 38.3 Å². The number of carbonyl (C=O) groups is 1. The Morgan fingerprint density at radius 3 is 2.47 bits per heavy atom. The lowest BCUT2D eigenvalue weighted by molar-refractivity contribution is -0.116. The van der Waals surface area contributed by atoms with Crippen LogP contribution in [0.5, 0.6) is 5.75 Å². The highest BCUT2D eigenvalue weighted by molar-refractivity contribution is 7.92. The second-order valence-corrected chi connectivity index (χ2v) is 9.57. The molecule has 0 fully saturated rings. The third kappa shape index (κ3) is 4.34. The molecular weight excluding hydrogens is 426 g/mol. The van der Waals surface area contributed by atoms with Crippen LogP contribution in [0.15, 0.2) is 47.3 Å². The van der Waals surface area contributed by atoms with Crippen molar-refractivity contribution in [2.24, 2.45) is 0 Å². The fourth-order valence-electron chi connectivity index (χ4n) is 3.23. The van der Waals surface area contributed by atoms with Gasteiger partial charge in [0.25, 0.3) is 0 Å². The molecule has 0 bridgehead atoms. The van der Waals surface area contributed by atoms with Crippen LogP contribution in [0, 0.1) is 0 Å². The maximum Gasteiger partial charge on any atom is 0.308 e. The molecule has 0 aliphatic carbocycles. The number of sulfonamides is 1. The van der Waals surface area contributed by atoms with E-state index in [1.54, 1.807) is 47.0 Å². The number of anilines is 2. The molecular formula is C20H23N3O5S2. The Labute approximate surface area is 178 Å². The van der Waals surface area contributed by atoms with Gasteiger partial charge in [-0.3, -0.25) is 18.5 Å².